The molecule has 1 amide bonds. The van der Waals surface area contributed by atoms with E-state index in [1.807, 2.05) is 0 Å². The molecule has 0 unspecified atom stereocenters. The fourth-order valence-electron chi connectivity index (χ4n) is 5.20. The van der Waals surface area contributed by atoms with Gasteiger partial charge in [-0.3, -0.25) is 4.79 Å². The lowest BCUT2D eigenvalue weighted by Crippen LogP contribution is -2.55. The Bertz CT molecular complexity index is 684. The number of hydrogen-bond donors (Lipinski definition) is 1. The second-order valence-electron chi connectivity index (χ2n) is 9.09. The maximum Gasteiger partial charge on any atom is 0.282 e. The van der Waals surface area contributed by atoms with Crippen LogP contribution in [0.1, 0.15) is 58.3 Å². The minimum absolute atomic E-state index is 0.0222. The molecule has 4 fully saturated rings. The Balaban J connectivity index is 1.34. The van der Waals surface area contributed by atoms with E-state index >= 15 is 0 Å². The zero-order valence-corrected chi connectivity index (χ0v) is 18.3. The third kappa shape index (κ3) is 4.63. The van der Waals surface area contributed by atoms with Gasteiger partial charge in [-0.2, -0.15) is 17.0 Å². The molecule has 3 aliphatic heterocycles. The summed E-state index contributed by atoms with van der Waals surface area (Å²) < 4.78 is 40.8. The van der Waals surface area contributed by atoms with E-state index in [2.05, 4.69) is 12.2 Å². The summed E-state index contributed by atoms with van der Waals surface area (Å²) in [4.78, 5) is 12.9. The number of carbonyl (C=O) groups is 1. The third-order valence-electron chi connectivity index (χ3n) is 7.14. The van der Waals surface area contributed by atoms with E-state index in [-0.39, 0.29) is 24.4 Å². The highest BCUT2D eigenvalue weighted by Crippen LogP contribution is 2.33. The number of rotatable bonds is 4. The predicted molar refractivity (Wildman–Crippen MR) is 108 cm³/mol. The summed E-state index contributed by atoms with van der Waals surface area (Å²) in [5.41, 5.74) is 0. The second-order valence-corrected chi connectivity index (χ2v) is 11.0. The van der Waals surface area contributed by atoms with E-state index < -0.39 is 16.0 Å². The van der Waals surface area contributed by atoms with Crippen LogP contribution in [0.4, 0.5) is 0 Å². The number of carbonyl (C=O) groups excluding carboxylic acids is 1. The summed E-state index contributed by atoms with van der Waals surface area (Å²) in [5, 5.41) is 3.22. The maximum atomic E-state index is 13.2. The van der Waals surface area contributed by atoms with Crippen molar-refractivity contribution in [2.45, 2.75) is 70.1 Å². The van der Waals surface area contributed by atoms with E-state index in [9.17, 15) is 13.2 Å². The van der Waals surface area contributed by atoms with Crippen LogP contribution in [0, 0.1) is 11.8 Å². The Morgan fingerprint density at radius 3 is 2.34 bits per heavy atom. The fraction of sp³-hybridized carbons (Fsp3) is 0.950. The minimum atomic E-state index is -3.57. The largest absolute Gasteiger partial charge is 0.353 e. The lowest BCUT2D eigenvalue weighted by molar-refractivity contribution is -0.179. The molecule has 4 aliphatic rings. The Labute approximate surface area is 174 Å². The molecule has 1 N–H and O–H groups in total. The SMILES string of the molecule is C[C@@H]1CCCC[C@@H]1NC(=O)[C@H]1CCCN(S(=O)(=O)N2CCC3(CC2)OCCO3)C1. The molecular weight excluding hydrogens is 394 g/mol. The molecule has 29 heavy (non-hydrogen) atoms. The van der Waals surface area contributed by atoms with Crippen LogP contribution in [0.15, 0.2) is 0 Å². The lowest BCUT2D eigenvalue weighted by atomic mass is 9.85. The summed E-state index contributed by atoms with van der Waals surface area (Å²) in [6.07, 6.45) is 7.17. The summed E-state index contributed by atoms with van der Waals surface area (Å²) >= 11 is 0. The summed E-state index contributed by atoms with van der Waals surface area (Å²) in [6.45, 7) is 4.92. The van der Waals surface area contributed by atoms with Crippen LogP contribution < -0.4 is 5.32 Å². The fourth-order valence-corrected chi connectivity index (χ4v) is 6.90. The molecule has 0 aromatic carbocycles. The lowest BCUT2D eigenvalue weighted by Gasteiger charge is -2.40. The Hall–Kier alpha value is -0.740. The van der Waals surface area contributed by atoms with Crippen LogP contribution in [0.25, 0.3) is 0 Å². The molecule has 8 nitrogen and oxygen atoms in total. The first kappa shape index (κ1) is 21.5. The van der Waals surface area contributed by atoms with Crippen molar-refractivity contribution < 1.29 is 22.7 Å². The zero-order valence-electron chi connectivity index (χ0n) is 17.5. The van der Waals surface area contributed by atoms with Crippen molar-refractivity contribution in [3.8, 4) is 0 Å². The van der Waals surface area contributed by atoms with Gasteiger partial charge < -0.3 is 14.8 Å². The molecule has 0 aromatic heterocycles. The van der Waals surface area contributed by atoms with E-state index in [1.54, 1.807) is 0 Å². The molecule has 0 aromatic rings. The van der Waals surface area contributed by atoms with Gasteiger partial charge in [0.15, 0.2) is 5.79 Å². The molecular formula is C20H35N3O5S. The van der Waals surface area contributed by atoms with Gasteiger partial charge in [0.05, 0.1) is 19.1 Å². The topological polar surface area (TPSA) is 88.2 Å². The van der Waals surface area contributed by atoms with Crippen molar-refractivity contribution in [1.29, 1.82) is 0 Å². The number of amides is 1. The Kier molecular flexibility index (Phi) is 6.51. The second kappa shape index (κ2) is 8.78. The van der Waals surface area contributed by atoms with Gasteiger partial charge in [0, 0.05) is 45.1 Å². The van der Waals surface area contributed by atoms with Crippen molar-refractivity contribution in [3.63, 3.8) is 0 Å². The zero-order chi connectivity index (χ0) is 20.5. The highest BCUT2D eigenvalue weighted by Gasteiger charge is 2.44. The van der Waals surface area contributed by atoms with E-state index in [0.717, 1.165) is 32.1 Å². The van der Waals surface area contributed by atoms with Crippen LogP contribution in [-0.4, -0.2) is 74.2 Å². The highest BCUT2D eigenvalue weighted by atomic mass is 32.2. The summed E-state index contributed by atoms with van der Waals surface area (Å²) in [7, 11) is -3.57. The van der Waals surface area contributed by atoms with E-state index in [4.69, 9.17) is 9.47 Å². The van der Waals surface area contributed by atoms with Gasteiger partial charge in [-0.25, -0.2) is 0 Å². The molecule has 166 valence electrons. The van der Waals surface area contributed by atoms with E-state index in [1.165, 1.54) is 15.0 Å². The van der Waals surface area contributed by atoms with Gasteiger partial charge in [0.2, 0.25) is 5.91 Å². The quantitative estimate of drug-likeness (QED) is 0.731. The smallest absolute Gasteiger partial charge is 0.282 e. The first-order chi connectivity index (χ1) is 13.9. The molecule has 3 heterocycles. The molecule has 9 heteroatoms. The molecule has 3 saturated heterocycles. The van der Waals surface area contributed by atoms with Crippen LogP contribution in [0.3, 0.4) is 0 Å². The van der Waals surface area contributed by atoms with Gasteiger partial charge in [-0.15, -0.1) is 0 Å². The predicted octanol–water partition coefficient (Wildman–Crippen LogP) is 1.48. The number of nitrogens with zero attached hydrogens (tertiary/aromatic N) is 2. The van der Waals surface area contributed by atoms with Crippen molar-refractivity contribution >= 4 is 16.1 Å². The Morgan fingerprint density at radius 2 is 1.66 bits per heavy atom. The minimum Gasteiger partial charge on any atom is -0.353 e. The van der Waals surface area contributed by atoms with Crippen molar-refractivity contribution in [2.75, 3.05) is 39.4 Å². The van der Waals surface area contributed by atoms with Gasteiger partial charge >= 0.3 is 0 Å². The van der Waals surface area contributed by atoms with Gasteiger partial charge in [-0.1, -0.05) is 19.8 Å². The monoisotopic (exact) mass is 429 g/mol. The van der Waals surface area contributed by atoms with Crippen molar-refractivity contribution in [1.82, 2.24) is 13.9 Å². The number of ether oxygens (including phenoxy) is 2. The molecule has 0 radical (unpaired) electrons. The molecule has 1 spiro atoms. The van der Waals surface area contributed by atoms with Gasteiger partial charge in [-0.05, 0) is 31.6 Å². The van der Waals surface area contributed by atoms with E-state index in [0.29, 0.717) is 51.6 Å². The van der Waals surface area contributed by atoms with Crippen molar-refractivity contribution in [2.24, 2.45) is 11.8 Å². The average Bonchev–Trinajstić information content (AvgIpc) is 3.18. The standard InChI is InChI=1S/C20H35N3O5S/c1-16-5-2-3-7-18(16)21-19(24)17-6-4-10-23(15-17)29(25,26)22-11-8-20(9-12-22)27-13-14-28-20/h16-18H,2-15H2,1H3,(H,21,24)/t16-,17+,18+/m1/s1. The number of piperidine rings is 2. The highest BCUT2D eigenvalue weighted by molar-refractivity contribution is 7.86. The molecule has 1 aliphatic carbocycles. The molecule has 4 rings (SSSR count). The maximum absolute atomic E-state index is 13.2. The van der Waals surface area contributed by atoms with Crippen LogP contribution >= 0.6 is 0 Å². The Morgan fingerprint density at radius 1 is 0.966 bits per heavy atom. The number of hydrogen-bond acceptors (Lipinski definition) is 5. The average molecular weight is 430 g/mol. The van der Waals surface area contributed by atoms with Gasteiger partial charge in [0.1, 0.15) is 0 Å². The van der Waals surface area contributed by atoms with Crippen LogP contribution in [0.2, 0.25) is 0 Å². The van der Waals surface area contributed by atoms with Crippen LogP contribution in [0.5, 0.6) is 0 Å². The summed E-state index contributed by atoms with van der Waals surface area (Å²) in [6, 6.07) is 0.230. The normalized spacial score (nSPS) is 34.3. The number of nitrogens with one attached hydrogen (secondary N) is 1. The molecule has 3 atom stereocenters. The van der Waals surface area contributed by atoms with Gasteiger partial charge in [0.25, 0.3) is 10.2 Å². The molecule has 1 saturated carbocycles. The molecule has 0 bridgehead atoms. The van der Waals surface area contributed by atoms with Crippen LogP contribution in [-0.2, 0) is 24.5 Å². The first-order valence-electron chi connectivity index (χ1n) is 11.2. The first-order valence-corrected chi connectivity index (χ1v) is 12.6. The van der Waals surface area contributed by atoms with Crippen molar-refractivity contribution in [3.05, 3.63) is 0 Å². The summed E-state index contributed by atoms with van der Waals surface area (Å²) in [5.74, 6) is -0.330. The third-order valence-corrected chi connectivity index (χ3v) is 9.15.